The lowest BCUT2D eigenvalue weighted by Crippen LogP contribution is -2.02. The second kappa shape index (κ2) is 5.27. The van der Waals surface area contributed by atoms with Crippen LogP contribution in [-0.2, 0) is 6.42 Å². The molecule has 0 aromatic heterocycles. The maximum atomic E-state index is 5.60. The molecule has 2 N–H and O–H groups in total. The van der Waals surface area contributed by atoms with Crippen LogP contribution in [0.5, 0.6) is 11.5 Å². The Bertz CT molecular complexity index is 564. The molecule has 96 valence electrons. The van der Waals surface area contributed by atoms with E-state index in [9.17, 15) is 0 Å². The van der Waals surface area contributed by atoms with Crippen LogP contribution in [0.1, 0.15) is 11.1 Å². The molecule has 0 bridgehead atoms. The van der Waals surface area contributed by atoms with E-state index in [4.69, 9.17) is 15.2 Å². The lowest BCUT2D eigenvalue weighted by molar-refractivity contribution is 0.354. The van der Waals surface area contributed by atoms with Crippen molar-refractivity contribution in [1.82, 2.24) is 0 Å². The largest absolute Gasteiger partial charge is 0.493 e. The van der Waals surface area contributed by atoms with E-state index in [1.807, 2.05) is 6.07 Å². The van der Waals surface area contributed by atoms with Crippen molar-refractivity contribution in [1.29, 1.82) is 0 Å². The molecule has 0 fully saturated rings. The Morgan fingerprint density at radius 3 is 2.50 bits per heavy atom. The van der Waals surface area contributed by atoms with Gasteiger partial charge in [-0.25, -0.2) is 0 Å². The van der Waals surface area contributed by atoms with Gasteiger partial charge in [-0.2, -0.15) is 0 Å². The Kier molecular flexibility index (Phi) is 3.72. The fourth-order valence-corrected chi connectivity index (χ4v) is 2.30. The highest BCUT2D eigenvalue weighted by Crippen LogP contribution is 2.37. The van der Waals surface area contributed by atoms with Gasteiger partial charge in [-0.15, -0.1) is 0 Å². The van der Waals surface area contributed by atoms with Crippen molar-refractivity contribution in [3.05, 3.63) is 35.4 Å². The standard InChI is InChI=1S/C15H19NO2/c1-10-13-8-11(6-7-16)4-5-12(13)9-14(17-2)15(10)18-3/h4-5,8-9H,6-7,16H2,1-3H3. The highest BCUT2D eigenvalue weighted by molar-refractivity contribution is 5.90. The summed E-state index contributed by atoms with van der Waals surface area (Å²) in [7, 11) is 3.33. The number of nitrogens with two attached hydrogens (primary N) is 1. The first-order valence-electron chi connectivity index (χ1n) is 6.05. The van der Waals surface area contributed by atoms with Crippen molar-refractivity contribution in [2.24, 2.45) is 5.73 Å². The van der Waals surface area contributed by atoms with E-state index in [2.05, 4.69) is 25.1 Å². The molecule has 0 heterocycles. The molecule has 0 amide bonds. The maximum Gasteiger partial charge on any atom is 0.164 e. The number of hydrogen-bond acceptors (Lipinski definition) is 3. The van der Waals surface area contributed by atoms with E-state index in [0.29, 0.717) is 6.54 Å². The van der Waals surface area contributed by atoms with Gasteiger partial charge in [0.25, 0.3) is 0 Å². The molecule has 0 unspecified atom stereocenters. The molecule has 0 aliphatic heterocycles. The molecule has 0 aliphatic rings. The predicted octanol–water partition coefficient (Wildman–Crippen LogP) is 2.67. The monoisotopic (exact) mass is 245 g/mol. The van der Waals surface area contributed by atoms with Crippen molar-refractivity contribution in [2.75, 3.05) is 20.8 Å². The number of benzene rings is 2. The van der Waals surface area contributed by atoms with Gasteiger partial charge < -0.3 is 15.2 Å². The molecule has 18 heavy (non-hydrogen) atoms. The van der Waals surface area contributed by atoms with Crippen molar-refractivity contribution >= 4 is 10.8 Å². The van der Waals surface area contributed by atoms with Crippen LogP contribution in [0.2, 0.25) is 0 Å². The molecule has 3 nitrogen and oxygen atoms in total. The van der Waals surface area contributed by atoms with Gasteiger partial charge in [-0.1, -0.05) is 18.2 Å². The first-order valence-corrected chi connectivity index (χ1v) is 6.05. The third-order valence-corrected chi connectivity index (χ3v) is 3.23. The van der Waals surface area contributed by atoms with E-state index < -0.39 is 0 Å². The van der Waals surface area contributed by atoms with Crippen LogP contribution in [0.4, 0.5) is 0 Å². The summed E-state index contributed by atoms with van der Waals surface area (Å²) in [6.07, 6.45) is 0.893. The van der Waals surface area contributed by atoms with E-state index in [-0.39, 0.29) is 0 Å². The molecule has 0 saturated heterocycles. The SMILES string of the molecule is COc1cc2ccc(CCN)cc2c(C)c1OC. The van der Waals surface area contributed by atoms with Crippen LogP contribution in [0.15, 0.2) is 24.3 Å². The van der Waals surface area contributed by atoms with E-state index in [0.717, 1.165) is 28.9 Å². The molecule has 0 aliphatic carbocycles. The van der Waals surface area contributed by atoms with Crippen molar-refractivity contribution in [3.63, 3.8) is 0 Å². The Labute approximate surface area is 108 Å². The zero-order chi connectivity index (χ0) is 13.1. The van der Waals surface area contributed by atoms with Crippen LogP contribution in [0.3, 0.4) is 0 Å². The summed E-state index contributed by atoms with van der Waals surface area (Å²) < 4.78 is 10.8. The number of fused-ring (bicyclic) bond motifs is 1. The minimum absolute atomic E-state index is 0.665. The molecular formula is C15H19NO2. The molecule has 3 heteroatoms. The van der Waals surface area contributed by atoms with Gasteiger partial charge in [0, 0.05) is 5.56 Å². The quantitative estimate of drug-likeness (QED) is 0.900. The van der Waals surface area contributed by atoms with Gasteiger partial charge in [-0.3, -0.25) is 0 Å². The van der Waals surface area contributed by atoms with Crippen LogP contribution in [0, 0.1) is 6.92 Å². The van der Waals surface area contributed by atoms with Gasteiger partial charge in [0.05, 0.1) is 14.2 Å². The fourth-order valence-electron chi connectivity index (χ4n) is 2.30. The number of methoxy groups -OCH3 is 2. The maximum absolute atomic E-state index is 5.60. The minimum atomic E-state index is 0.665. The average Bonchev–Trinajstić information content (AvgIpc) is 2.39. The minimum Gasteiger partial charge on any atom is -0.493 e. The van der Waals surface area contributed by atoms with Gasteiger partial charge in [-0.05, 0) is 42.3 Å². The normalized spacial score (nSPS) is 10.7. The second-order valence-corrected chi connectivity index (χ2v) is 4.33. The lowest BCUT2D eigenvalue weighted by Gasteiger charge is -2.14. The number of ether oxygens (including phenoxy) is 2. The molecule has 0 atom stereocenters. The molecule has 2 aromatic carbocycles. The Morgan fingerprint density at radius 2 is 1.89 bits per heavy atom. The van der Waals surface area contributed by atoms with Gasteiger partial charge in [0.15, 0.2) is 11.5 Å². The summed E-state index contributed by atoms with van der Waals surface area (Å²) >= 11 is 0. The zero-order valence-electron chi connectivity index (χ0n) is 11.1. The highest BCUT2D eigenvalue weighted by atomic mass is 16.5. The smallest absolute Gasteiger partial charge is 0.164 e. The van der Waals surface area contributed by atoms with Crippen LogP contribution >= 0.6 is 0 Å². The first kappa shape index (κ1) is 12.7. The fraction of sp³-hybridized carbons (Fsp3) is 0.333. The first-order chi connectivity index (χ1) is 8.71. The topological polar surface area (TPSA) is 44.5 Å². The third-order valence-electron chi connectivity index (χ3n) is 3.23. The van der Waals surface area contributed by atoms with Crippen LogP contribution in [0.25, 0.3) is 10.8 Å². The van der Waals surface area contributed by atoms with Gasteiger partial charge in [0.1, 0.15) is 0 Å². The summed E-state index contributed by atoms with van der Waals surface area (Å²) in [6, 6.07) is 8.41. The summed E-state index contributed by atoms with van der Waals surface area (Å²) in [5.74, 6) is 1.57. The Balaban J connectivity index is 2.66. The zero-order valence-corrected chi connectivity index (χ0v) is 11.1. The number of rotatable bonds is 4. The summed E-state index contributed by atoms with van der Waals surface area (Å²) in [5, 5.41) is 2.35. The van der Waals surface area contributed by atoms with Crippen molar-refractivity contribution in [3.8, 4) is 11.5 Å². The van der Waals surface area contributed by atoms with Crippen molar-refractivity contribution < 1.29 is 9.47 Å². The van der Waals surface area contributed by atoms with E-state index in [1.54, 1.807) is 14.2 Å². The summed E-state index contributed by atoms with van der Waals surface area (Å²) in [6.45, 7) is 2.72. The molecule has 0 spiro atoms. The molecule has 2 aromatic rings. The van der Waals surface area contributed by atoms with Crippen LogP contribution in [-0.4, -0.2) is 20.8 Å². The predicted molar refractivity (Wildman–Crippen MR) is 74.5 cm³/mol. The Hall–Kier alpha value is -1.74. The third kappa shape index (κ3) is 2.14. The van der Waals surface area contributed by atoms with Gasteiger partial charge >= 0.3 is 0 Å². The number of hydrogen-bond donors (Lipinski definition) is 1. The lowest BCUT2D eigenvalue weighted by atomic mass is 10.00. The van der Waals surface area contributed by atoms with E-state index in [1.165, 1.54) is 10.9 Å². The summed E-state index contributed by atoms with van der Waals surface area (Å²) in [4.78, 5) is 0. The molecule has 2 rings (SSSR count). The van der Waals surface area contributed by atoms with Crippen molar-refractivity contribution in [2.45, 2.75) is 13.3 Å². The highest BCUT2D eigenvalue weighted by Gasteiger charge is 2.11. The molecular weight excluding hydrogens is 226 g/mol. The van der Waals surface area contributed by atoms with Crippen LogP contribution < -0.4 is 15.2 Å². The molecule has 0 radical (unpaired) electrons. The summed E-state index contributed by atoms with van der Waals surface area (Å²) in [5.41, 5.74) is 7.95. The average molecular weight is 245 g/mol. The Morgan fingerprint density at radius 1 is 1.11 bits per heavy atom. The second-order valence-electron chi connectivity index (χ2n) is 4.33. The van der Waals surface area contributed by atoms with Gasteiger partial charge in [0.2, 0.25) is 0 Å². The molecule has 0 saturated carbocycles. The van der Waals surface area contributed by atoms with E-state index >= 15 is 0 Å². The number of aryl methyl sites for hydroxylation is 1.